The number of benzene rings is 2. The highest BCUT2D eigenvalue weighted by molar-refractivity contribution is 6.04. The molecule has 3 aromatic rings. The number of nitrogens with one attached hydrogen (secondary N) is 2. The number of hydrogen-bond donors (Lipinski definition) is 2. The predicted octanol–water partition coefficient (Wildman–Crippen LogP) is 4.39. The summed E-state index contributed by atoms with van der Waals surface area (Å²) in [5, 5.41) is 5.74. The molecule has 2 N–H and O–H groups in total. The third-order valence-electron chi connectivity index (χ3n) is 3.77. The van der Waals surface area contributed by atoms with Crippen LogP contribution < -0.4 is 10.6 Å². The average Bonchev–Trinajstić information content (AvgIpc) is 2.69. The summed E-state index contributed by atoms with van der Waals surface area (Å²) in [4.78, 5) is 28.2. The molecule has 0 aliphatic heterocycles. The summed E-state index contributed by atoms with van der Waals surface area (Å²) in [6.45, 7) is 2.03. The van der Waals surface area contributed by atoms with Crippen molar-refractivity contribution < 1.29 is 18.7 Å². The number of ether oxygens (including phenoxy) is 1. The van der Waals surface area contributed by atoms with Crippen LogP contribution in [0.2, 0.25) is 0 Å². The van der Waals surface area contributed by atoms with Crippen LogP contribution in [0.15, 0.2) is 67.0 Å². The van der Waals surface area contributed by atoms with E-state index in [0.717, 1.165) is 0 Å². The summed E-state index contributed by atoms with van der Waals surface area (Å²) in [7, 11) is 0. The van der Waals surface area contributed by atoms with Crippen molar-refractivity contribution in [1.29, 1.82) is 0 Å². The van der Waals surface area contributed by atoms with Crippen molar-refractivity contribution in [3.05, 3.63) is 83.9 Å². The van der Waals surface area contributed by atoms with Crippen LogP contribution in [0.4, 0.5) is 21.5 Å². The van der Waals surface area contributed by atoms with Gasteiger partial charge in [0.15, 0.2) is 0 Å². The fourth-order valence-corrected chi connectivity index (χ4v) is 2.47. The van der Waals surface area contributed by atoms with Gasteiger partial charge < -0.3 is 15.4 Å². The molecule has 1 heterocycles. The van der Waals surface area contributed by atoms with E-state index in [9.17, 15) is 14.0 Å². The first-order chi connectivity index (χ1) is 13.5. The van der Waals surface area contributed by atoms with Gasteiger partial charge in [0.2, 0.25) is 0 Å². The number of pyridine rings is 1. The van der Waals surface area contributed by atoms with Gasteiger partial charge in [0.1, 0.15) is 5.82 Å². The maximum atomic E-state index is 13.3. The minimum atomic E-state index is -0.416. The fourth-order valence-electron chi connectivity index (χ4n) is 2.47. The Morgan fingerprint density at radius 2 is 1.75 bits per heavy atom. The lowest BCUT2D eigenvalue weighted by molar-refractivity contribution is 0.0526. The number of nitrogens with zero attached hydrogens (tertiary/aromatic N) is 1. The number of esters is 1. The third-order valence-corrected chi connectivity index (χ3v) is 3.77. The van der Waals surface area contributed by atoms with E-state index in [1.165, 1.54) is 24.5 Å². The Kier molecular flexibility index (Phi) is 5.96. The predicted molar refractivity (Wildman–Crippen MR) is 104 cm³/mol. The smallest absolute Gasteiger partial charge is 0.338 e. The molecule has 0 atom stereocenters. The third kappa shape index (κ3) is 4.91. The molecule has 6 nitrogen and oxygen atoms in total. The Morgan fingerprint density at radius 1 is 0.964 bits per heavy atom. The molecular weight excluding hydrogens is 361 g/mol. The molecular formula is C21H18FN3O3. The summed E-state index contributed by atoms with van der Waals surface area (Å²) in [6, 6.07) is 14.0. The molecule has 0 bridgehead atoms. The van der Waals surface area contributed by atoms with E-state index in [0.29, 0.717) is 34.8 Å². The number of amides is 1. The van der Waals surface area contributed by atoms with Gasteiger partial charge in [-0.15, -0.1) is 0 Å². The molecule has 1 aromatic heterocycles. The molecule has 0 fully saturated rings. The van der Waals surface area contributed by atoms with Crippen LogP contribution in [-0.2, 0) is 4.74 Å². The normalized spacial score (nSPS) is 10.2. The molecule has 142 valence electrons. The second-order valence-electron chi connectivity index (χ2n) is 5.85. The molecule has 0 aliphatic rings. The molecule has 0 spiro atoms. The minimum absolute atomic E-state index is 0.296. The van der Waals surface area contributed by atoms with Crippen molar-refractivity contribution in [3.8, 4) is 0 Å². The molecule has 2 aromatic carbocycles. The minimum Gasteiger partial charge on any atom is -0.462 e. The largest absolute Gasteiger partial charge is 0.462 e. The number of carbonyl (C=O) groups excluding carboxylic acids is 2. The molecule has 0 radical (unpaired) electrons. The van der Waals surface area contributed by atoms with Gasteiger partial charge in [0.05, 0.1) is 29.6 Å². The highest BCUT2D eigenvalue weighted by Crippen LogP contribution is 2.18. The second kappa shape index (κ2) is 8.77. The highest BCUT2D eigenvalue weighted by atomic mass is 19.1. The molecule has 28 heavy (non-hydrogen) atoms. The SMILES string of the molecule is CCOC(=O)c1ccc(NC(=O)c2cncc(Nc3cccc(F)c3)c2)cc1. The van der Waals surface area contributed by atoms with E-state index < -0.39 is 5.97 Å². The maximum Gasteiger partial charge on any atom is 0.338 e. The molecule has 0 saturated heterocycles. The summed E-state index contributed by atoms with van der Waals surface area (Å²) in [5.41, 5.74) is 2.37. The molecule has 0 unspecified atom stereocenters. The van der Waals surface area contributed by atoms with E-state index in [4.69, 9.17) is 4.74 Å². The first-order valence-corrected chi connectivity index (χ1v) is 8.61. The number of carbonyl (C=O) groups is 2. The molecule has 1 amide bonds. The van der Waals surface area contributed by atoms with Gasteiger partial charge in [0, 0.05) is 17.6 Å². The Hall–Kier alpha value is -3.74. The topological polar surface area (TPSA) is 80.3 Å². The van der Waals surface area contributed by atoms with Crippen molar-refractivity contribution in [1.82, 2.24) is 4.98 Å². The van der Waals surface area contributed by atoms with Gasteiger partial charge in [-0.05, 0) is 55.5 Å². The Morgan fingerprint density at radius 3 is 2.46 bits per heavy atom. The summed E-state index contributed by atoms with van der Waals surface area (Å²) in [6.07, 6.45) is 2.97. The van der Waals surface area contributed by atoms with Crippen LogP contribution in [0.25, 0.3) is 0 Å². The Balaban J connectivity index is 1.68. The lowest BCUT2D eigenvalue weighted by Crippen LogP contribution is -2.13. The summed E-state index contributed by atoms with van der Waals surface area (Å²) < 4.78 is 18.2. The van der Waals surface area contributed by atoms with Crippen LogP contribution in [-0.4, -0.2) is 23.5 Å². The quantitative estimate of drug-likeness (QED) is 0.621. The number of rotatable bonds is 6. The lowest BCUT2D eigenvalue weighted by atomic mass is 10.2. The van der Waals surface area contributed by atoms with E-state index in [1.807, 2.05) is 0 Å². The first kappa shape index (κ1) is 19.0. The Bertz CT molecular complexity index is 990. The molecule has 3 rings (SSSR count). The standard InChI is InChI=1S/C21H18FN3O3/c1-2-28-21(27)14-6-8-17(9-7-14)25-20(26)15-10-19(13-23-12-15)24-18-5-3-4-16(22)11-18/h3-13,24H,2H2,1H3,(H,25,26). The van der Waals surface area contributed by atoms with Crippen LogP contribution in [0.1, 0.15) is 27.6 Å². The average molecular weight is 379 g/mol. The number of halogens is 1. The molecule has 0 aliphatic carbocycles. The zero-order valence-corrected chi connectivity index (χ0v) is 15.1. The zero-order valence-electron chi connectivity index (χ0n) is 15.1. The van der Waals surface area contributed by atoms with E-state index in [2.05, 4.69) is 15.6 Å². The first-order valence-electron chi connectivity index (χ1n) is 8.61. The number of aromatic nitrogens is 1. The van der Waals surface area contributed by atoms with Gasteiger partial charge >= 0.3 is 5.97 Å². The van der Waals surface area contributed by atoms with Crippen LogP contribution in [0.3, 0.4) is 0 Å². The van der Waals surface area contributed by atoms with Crippen molar-refractivity contribution in [2.24, 2.45) is 0 Å². The van der Waals surface area contributed by atoms with Crippen LogP contribution in [0.5, 0.6) is 0 Å². The Labute approximate surface area is 161 Å². The zero-order chi connectivity index (χ0) is 19.9. The van der Waals surface area contributed by atoms with Crippen molar-refractivity contribution in [2.75, 3.05) is 17.2 Å². The van der Waals surface area contributed by atoms with Gasteiger partial charge in [0.25, 0.3) is 5.91 Å². The van der Waals surface area contributed by atoms with Gasteiger partial charge in [-0.2, -0.15) is 0 Å². The number of anilines is 3. The lowest BCUT2D eigenvalue weighted by Gasteiger charge is -2.09. The number of hydrogen-bond acceptors (Lipinski definition) is 5. The van der Waals surface area contributed by atoms with E-state index in [1.54, 1.807) is 49.4 Å². The summed E-state index contributed by atoms with van der Waals surface area (Å²) >= 11 is 0. The highest BCUT2D eigenvalue weighted by Gasteiger charge is 2.10. The van der Waals surface area contributed by atoms with E-state index in [-0.39, 0.29) is 11.7 Å². The molecule has 7 heteroatoms. The van der Waals surface area contributed by atoms with Crippen LogP contribution in [0, 0.1) is 5.82 Å². The van der Waals surface area contributed by atoms with Crippen molar-refractivity contribution in [2.45, 2.75) is 6.92 Å². The van der Waals surface area contributed by atoms with Gasteiger partial charge in [-0.1, -0.05) is 6.07 Å². The fraction of sp³-hybridized carbons (Fsp3) is 0.0952. The van der Waals surface area contributed by atoms with Gasteiger partial charge in [-0.25, -0.2) is 9.18 Å². The van der Waals surface area contributed by atoms with E-state index >= 15 is 0 Å². The van der Waals surface area contributed by atoms with Gasteiger partial charge in [-0.3, -0.25) is 9.78 Å². The van der Waals surface area contributed by atoms with Crippen LogP contribution >= 0.6 is 0 Å². The van der Waals surface area contributed by atoms with Crippen molar-refractivity contribution in [3.63, 3.8) is 0 Å². The maximum absolute atomic E-state index is 13.3. The summed E-state index contributed by atoms with van der Waals surface area (Å²) in [5.74, 6) is -1.14. The monoisotopic (exact) mass is 379 g/mol. The van der Waals surface area contributed by atoms with Crippen molar-refractivity contribution >= 4 is 28.9 Å². The molecule has 0 saturated carbocycles. The second-order valence-corrected chi connectivity index (χ2v) is 5.85.